The van der Waals surface area contributed by atoms with E-state index in [9.17, 15) is 4.39 Å². The van der Waals surface area contributed by atoms with Crippen LogP contribution >= 0.6 is 11.3 Å². The van der Waals surface area contributed by atoms with Gasteiger partial charge in [0.2, 0.25) is 0 Å². The molecule has 29 heavy (non-hydrogen) atoms. The molecule has 7 heteroatoms. The number of nitrogens with zero attached hydrogens (tertiary/aromatic N) is 3. The van der Waals surface area contributed by atoms with Crippen molar-refractivity contribution in [1.82, 2.24) is 20.1 Å². The summed E-state index contributed by atoms with van der Waals surface area (Å²) in [4.78, 5) is 7.55. The number of aromatic amines is 1. The summed E-state index contributed by atoms with van der Waals surface area (Å²) in [5.74, 6) is 0.236. The lowest BCUT2D eigenvalue weighted by Crippen LogP contribution is -2.11. The minimum atomic E-state index is -0.310. The van der Waals surface area contributed by atoms with Crippen LogP contribution in [0, 0.1) is 12.7 Å². The SMILES string of the molecule is Cc1ncsc1CCOc1cc(F)ccc1-c1ccc2n[nH]c(CN(C)C)c2c1. The fraction of sp³-hybridized carbons (Fsp3) is 0.273. The number of hydrogen-bond donors (Lipinski definition) is 1. The largest absolute Gasteiger partial charge is 0.492 e. The Labute approximate surface area is 173 Å². The number of benzene rings is 2. The number of aryl methyl sites for hydroxylation is 1. The highest BCUT2D eigenvalue weighted by molar-refractivity contribution is 7.09. The smallest absolute Gasteiger partial charge is 0.130 e. The molecule has 4 aromatic rings. The normalized spacial score (nSPS) is 11.5. The van der Waals surface area contributed by atoms with Crippen molar-refractivity contribution in [2.24, 2.45) is 0 Å². The van der Waals surface area contributed by atoms with Crippen LogP contribution < -0.4 is 4.74 Å². The van der Waals surface area contributed by atoms with Gasteiger partial charge in [-0.1, -0.05) is 6.07 Å². The number of halogens is 1. The highest BCUT2D eigenvalue weighted by Crippen LogP contribution is 2.33. The first kappa shape index (κ1) is 19.5. The monoisotopic (exact) mass is 410 g/mol. The molecular weight excluding hydrogens is 387 g/mol. The summed E-state index contributed by atoms with van der Waals surface area (Å²) < 4.78 is 19.9. The molecule has 0 bridgehead atoms. The lowest BCUT2D eigenvalue weighted by molar-refractivity contribution is 0.322. The molecule has 0 amide bonds. The standard InChI is InChI=1S/C22H23FN4OS/c1-14-22(29-13-24-14)8-9-28-21-11-16(23)5-6-17(21)15-4-7-19-18(10-15)20(26-25-19)12-27(2)3/h4-7,10-11,13H,8-9,12H2,1-3H3,(H,25,26). The third-order valence-corrected chi connectivity index (χ3v) is 5.79. The number of fused-ring (bicyclic) bond motifs is 1. The van der Waals surface area contributed by atoms with Gasteiger partial charge in [-0.15, -0.1) is 11.3 Å². The van der Waals surface area contributed by atoms with Crippen LogP contribution in [-0.2, 0) is 13.0 Å². The van der Waals surface area contributed by atoms with Crippen molar-refractivity contribution in [3.05, 3.63) is 64.0 Å². The van der Waals surface area contributed by atoms with Gasteiger partial charge >= 0.3 is 0 Å². The molecule has 0 saturated heterocycles. The maximum absolute atomic E-state index is 13.9. The Bertz CT molecular complexity index is 1140. The molecule has 0 radical (unpaired) electrons. The third kappa shape index (κ3) is 4.31. The minimum Gasteiger partial charge on any atom is -0.492 e. The number of rotatable bonds is 7. The lowest BCUT2D eigenvalue weighted by Gasteiger charge is -2.13. The van der Waals surface area contributed by atoms with Gasteiger partial charge in [-0.3, -0.25) is 5.10 Å². The van der Waals surface area contributed by atoms with E-state index < -0.39 is 0 Å². The van der Waals surface area contributed by atoms with Gasteiger partial charge in [0.15, 0.2) is 0 Å². The first-order chi connectivity index (χ1) is 14.0. The third-order valence-electron chi connectivity index (χ3n) is 4.79. The average Bonchev–Trinajstić information content (AvgIpc) is 3.27. The van der Waals surface area contributed by atoms with Crippen LogP contribution in [0.1, 0.15) is 16.3 Å². The van der Waals surface area contributed by atoms with E-state index in [1.165, 1.54) is 17.0 Å². The van der Waals surface area contributed by atoms with Crippen molar-refractivity contribution in [1.29, 1.82) is 0 Å². The van der Waals surface area contributed by atoms with Crippen LogP contribution in [0.2, 0.25) is 0 Å². The molecule has 2 aromatic carbocycles. The predicted octanol–water partition coefficient (Wildman–Crippen LogP) is 4.82. The van der Waals surface area contributed by atoms with Gasteiger partial charge in [0.1, 0.15) is 11.6 Å². The topological polar surface area (TPSA) is 54.0 Å². The van der Waals surface area contributed by atoms with Crippen LogP contribution in [0.25, 0.3) is 22.0 Å². The van der Waals surface area contributed by atoms with Gasteiger partial charge in [-0.05, 0) is 50.8 Å². The van der Waals surface area contributed by atoms with E-state index in [-0.39, 0.29) is 5.82 Å². The number of aromatic nitrogens is 3. The Kier molecular flexibility index (Phi) is 5.60. The first-order valence-corrected chi connectivity index (χ1v) is 10.3. The van der Waals surface area contributed by atoms with E-state index in [4.69, 9.17) is 4.74 Å². The number of hydrogen-bond acceptors (Lipinski definition) is 5. The second kappa shape index (κ2) is 8.31. The molecule has 0 aliphatic heterocycles. The van der Waals surface area contributed by atoms with Gasteiger partial charge in [-0.25, -0.2) is 9.37 Å². The summed E-state index contributed by atoms with van der Waals surface area (Å²) in [7, 11) is 4.04. The van der Waals surface area contributed by atoms with Gasteiger partial charge < -0.3 is 9.64 Å². The predicted molar refractivity (Wildman–Crippen MR) is 115 cm³/mol. The molecule has 0 spiro atoms. The fourth-order valence-corrected chi connectivity index (χ4v) is 4.10. The van der Waals surface area contributed by atoms with Crippen LogP contribution in [-0.4, -0.2) is 40.8 Å². The molecular formula is C22H23FN4OS. The van der Waals surface area contributed by atoms with Crippen LogP contribution in [0.4, 0.5) is 4.39 Å². The molecule has 1 N–H and O–H groups in total. The molecule has 0 fully saturated rings. The molecule has 2 heterocycles. The zero-order chi connectivity index (χ0) is 20.4. The average molecular weight is 411 g/mol. The van der Waals surface area contributed by atoms with Crippen molar-refractivity contribution < 1.29 is 9.13 Å². The van der Waals surface area contributed by atoms with Gasteiger partial charge in [0.05, 0.1) is 29.0 Å². The van der Waals surface area contributed by atoms with Crippen molar-refractivity contribution in [2.75, 3.05) is 20.7 Å². The Hall–Kier alpha value is -2.77. The molecule has 150 valence electrons. The molecule has 0 aliphatic carbocycles. The second-order valence-corrected chi connectivity index (χ2v) is 8.21. The van der Waals surface area contributed by atoms with Crippen LogP contribution in [0.15, 0.2) is 41.9 Å². The zero-order valence-electron chi connectivity index (χ0n) is 16.7. The summed E-state index contributed by atoms with van der Waals surface area (Å²) in [6.07, 6.45) is 0.750. The second-order valence-electron chi connectivity index (χ2n) is 7.27. The highest BCUT2D eigenvalue weighted by atomic mass is 32.1. The molecule has 2 aromatic heterocycles. The van der Waals surface area contributed by atoms with E-state index >= 15 is 0 Å². The van der Waals surface area contributed by atoms with Crippen molar-refractivity contribution in [3.8, 4) is 16.9 Å². The van der Waals surface area contributed by atoms with Crippen LogP contribution in [0.5, 0.6) is 5.75 Å². The van der Waals surface area contributed by atoms with E-state index in [1.807, 2.05) is 38.7 Å². The van der Waals surface area contributed by atoms with E-state index in [0.29, 0.717) is 12.4 Å². The number of thiazole rings is 1. The van der Waals surface area contributed by atoms with Gasteiger partial charge in [-0.2, -0.15) is 5.10 Å². The zero-order valence-corrected chi connectivity index (χ0v) is 17.5. The van der Waals surface area contributed by atoms with Crippen molar-refractivity contribution in [2.45, 2.75) is 19.9 Å². The Morgan fingerprint density at radius 1 is 1.17 bits per heavy atom. The summed E-state index contributed by atoms with van der Waals surface area (Å²) in [6.45, 7) is 3.23. The van der Waals surface area contributed by atoms with Gasteiger partial charge in [0, 0.05) is 34.9 Å². The summed E-state index contributed by atoms with van der Waals surface area (Å²) in [5.41, 5.74) is 6.67. The van der Waals surface area contributed by atoms with Crippen LogP contribution in [0.3, 0.4) is 0 Å². The van der Waals surface area contributed by atoms with E-state index in [2.05, 4.69) is 26.1 Å². The Morgan fingerprint density at radius 3 is 2.79 bits per heavy atom. The number of H-pyrrole nitrogens is 1. The molecule has 0 aliphatic rings. The number of ether oxygens (including phenoxy) is 1. The fourth-order valence-electron chi connectivity index (χ4n) is 3.34. The molecule has 0 saturated carbocycles. The first-order valence-electron chi connectivity index (χ1n) is 9.44. The van der Waals surface area contributed by atoms with Gasteiger partial charge in [0.25, 0.3) is 0 Å². The lowest BCUT2D eigenvalue weighted by atomic mass is 10.0. The molecule has 0 unspecified atom stereocenters. The number of nitrogens with one attached hydrogen (secondary N) is 1. The summed E-state index contributed by atoms with van der Waals surface area (Å²) >= 11 is 1.62. The van der Waals surface area contributed by atoms with Crippen molar-refractivity contribution >= 4 is 22.2 Å². The molecule has 4 rings (SSSR count). The summed E-state index contributed by atoms with van der Waals surface area (Å²) in [5, 5.41) is 8.56. The quantitative estimate of drug-likeness (QED) is 0.475. The van der Waals surface area contributed by atoms with E-state index in [0.717, 1.165) is 46.4 Å². The van der Waals surface area contributed by atoms with Crippen molar-refractivity contribution in [3.63, 3.8) is 0 Å². The summed E-state index contributed by atoms with van der Waals surface area (Å²) in [6, 6.07) is 10.8. The maximum atomic E-state index is 13.9. The Morgan fingerprint density at radius 2 is 2.03 bits per heavy atom. The minimum absolute atomic E-state index is 0.310. The molecule has 5 nitrogen and oxygen atoms in total. The Balaban J connectivity index is 1.63. The van der Waals surface area contributed by atoms with E-state index in [1.54, 1.807) is 17.4 Å². The highest BCUT2D eigenvalue weighted by Gasteiger charge is 2.13. The molecule has 0 atom stereocenters. The maximum Gasteiger partial charge on any atom is 0.130 e.